The Hall–Kier alpha value is -14.7. The number of rotatable bonds is 26. The first-order chi connectivity index (χ1) is 54.2. The van der Waals surface area contributed by atoms with E-state index in [0.29, 0.717) is 80.2 Å². The summed E-state index contributed by atoms with van der Waals surface area (Å²) in [7, 11) is 12.7. The first kappa shape index (κ1) is 77.4. The highest BCUT2D eigenvalue weighted by atomic mass is 16.5. The summed E-state index contributed by atoms with van der Waals surface area (Å²) in [6.07, 6.45) is 24.0. The summed E-state index contributed by atoms with van der Waals surface area (Å²) in [6, 6.07) is 44.6. The largest absolute Gasteiger partial charge is 0.497 e. The van der Waals surface area contributed by atoms with Gasteiger partial charge < -0.3 is 58.3 Å². The number of nitriles is 1. The molecule has 14 rings (SSSR count). The molecule has 5 aromatic heterocycles. The topological polar surface area (TPSA) is 355 Å². The van der Waals surface area contributed by atoms with E-state index < -0.39 is 5.91 Å². The number of nitrogens with one attached hydrogen (secondary N) is 8. The van der Waals surface area contributed by atoms with Gasteiger partial charge in [0, 0.05) is 13.1 Å². The zero-order chi connectivity index (χ0) is 78.2. The number of carbonyl (C=O) groups excluding carboxylic acids is 4. The predicted octanol–water partition coefficient (Wildman–Crippen LogP) is 14.2. The number of fused-ring (bicyclic) bond motifs is 4. The molecule has 27 nitrogen and oxygen atoms in total. The number of nitrogens with zero attached hydrogens (tertiary/aromatic N) is 6. The standard InChI is InChI=1S/C22H20N4O4.C22H23N3O3.C21H21N3O3.C19H16N4O3/c1-28-15-6-3-14(4-7-15)5-9-17-20-18(26-25-17)10-8-16(21(20)29-2)22(27)24-13-19-23-11-12-30-19;1-27-16-8-5-14(6-9-16)7-11-18-20-19(25-24-18)12-10-17(21(20)28-2)22(26)23-13-15-3-4-15;1-4-13-22-21(25)16-10-12-18-19(20(16)27-3)17(23-24-18)11-7-14-5-8-15(26-2)9-6-14;1-25-13-6-3-12(4-7-13)5-9-15-17-16(23-22-15)10-8-14(18(17)26-2)19(24)21-11-20/h3-12H,13H2,1-2H3,(H,24,27)(H,25,26);5-12,15H,3-4,13H2,1-2H3,(H,23,26)(H,24,25);4-12H,1,13H2,2-3H3,(H,22,25)(H,23,24);3-10H,1-2H3,(H,21,24)(H,22,23)/b9-5+;2*11-7+;9-5+. The second kappa shape index (κ2) is 37.5. The Morgan fingerprint density at radius 1 is 0.432 bits per heavy atom. The maximum atomic E-state index is 12.7. The molecule has 111 heavy (non-hydrogen) atoms. The first-order valence-corrected chi connectivity index (χ1v) is 34.8. The fraction of sp³-hybridized carbons (Fsp3) is 0.167. The maximum absolute atomic E-state index is 12.7. The van der Waals surface area contributed by atoms with Crippen LogP contribution < -0.4 is 59.2 Å². The number of hydrogen-bond acceptors (Lipinski definition) is 19. The Kier molecular flexibility index (Phi) is 26.2. The molecule has 8 aromatic carbocycles. The van der Waals surface area contributed by atoms with Crippen LogP contribution in [0.15, 0.2) is 175 Å². The molecule has 0 atom stereocenters. The van der Waals surface area contributed by atoms with Crippen LogP contribution in [0.4, 0.5) is 0 Å². The molecule has 0 unspecified atom stereocenters. The first-order valence-electron chi connectivity index (χ1n) is 34.8. The van der Waals surface area contributed by atoms with Crippen molar-refractivity contribution in [3.05, 3.63) is 244 Å². The van der Waals surface area contributed by atoms with E-state index in [1.807, 2.05) is 152 Å². The van der Waals surface area contributed by atoms with E-state index in [9.17, 15) is 19.2 Å². The van der Waals surface area contributed by atoms with Crippen molar-refractivity contribution in [3.8, 4) is 52.2 Å². The number of aromatic amines is 4. The van der Waals surface area contributed by atoms with Crippen LogP contribution in [0.25, 0.3) is 92.2 Å². The summed E-state index contributed by atoms with van der Waals surface area (Å²) in [4.78, 5) is 53.8. The van der Waals surface area contributed by atoms with Gasteiger partial charge in [0.2, 0.25) is 5.89 Å². The molecule has 13 aromatic rings. The van der Waals surface area contributed by atoms with E-state index in [-0.39, 0.29) is 29.8 Å². The number of benzene rings is 8. The van der Waals surface area contributed by atoms with Crippen molar-refractivity contribution >= 4 is 116 Å². The minimum Gasteiger partial charge on any atom is -0.497 e. The van der Waals surface area contributed by atoms with Gasteiger partial charge in [-0.1, -0.05) is 78.9 Å². The Bertz CT molecular complexity index is 5570. The number of ether oxygens (including phenoxy) is 8. The van der Waals surface area contributed by atoms with Crippen molar-refractivity contribution in [2.24, 2.45) is 5.92 Å². The highest BCUT2D eigenvalue weighted by Crippen LogP contribution is 2.37. The monoisotopic (exact) mass is 1490 g/mol. The molecule has 1 fully saturated rings. The smallest absolute Gasteiger partial charge is 0.268 e. The molecule has 5 heterocycles. The molecule has 8 N–H and O–H groups in total. The van der Waals surface area contributed by atoms with Crippen LogP contribution in [0.1, 0.15) is 105 Å². The van der Waals surface area contributed by atoms with Gasteiger partial charge in [0.25, 0.3) is 23.6 Å². The molecule has 0 aliphatic heterocycles. The van der Waals surface area contributed by atoms with E-state index >= 15 is 0 Å². The fourth-order valence-electron chi connectivity index (χ4n) is 11.7. The molecule has 1 aliphatic rings. The average Bonchev–Trinajstić information content (AvgIpc) is 1.69. The number of amides is 4. The second-order valence-corrected chi connectivity index (χ2v) is 24.5. The van der Waals surface area contributed by atoms with E-state index in [1.54, 1.807) is 97.4 Å². The summed E-state index contributed by atoms with van der Waals surface area (Å²) < 4.78 is 48.0. The maximum Gasteiger partial charge on any atom is 0.268 e. The van der Waals surface area contributed by atoms with Crippen molar-refractivity contribution in [2.75, 3.05) is 70.0 Å². The van der Waals surface area contributed by atoms with Crippen LogP contribution in [-0.2, 0) is 6.54 Å². The summed E-state index contributed by atoms with van der Waals surface area (Å²) in [5.74, 6) is 4.90. The number of carbonyl (C=O) groups is 4. The highest BCUT2D eigenvalue weighted by Gasteiger charge is 2.26. The molecular formula is C84H80N14O13. The molecule has 1 aliphatic carbocycles. The van der Waals surface area contributed by atoms with Gasteiger partial charge in [-0.2, -0.15) is 25.7 Å². The highest BCUT2D eigenvalue weighted by molar-refractivity contribution is 6.09. The van der Waals surface area contributed by atoms with Gasteiger partial charge in [0.05, 0.1) is 158 Å². The van der Waals surface area contributed by atoms with Crippen LogP contribution in [0.5, 0.6) is 46.0 Å². The number of oxazole rings is 1. The van der Waals surface area contributed by atoms with E-state index in [2.05, 4.69) is 73.6 Å². The second-order valence-electron chi connectivity index (χ2n) is 24.5. The normalized spacial score (nSPS) is 11.6. The third-order valence-electron chi connectivity index (χ3n) is 17.5. The summed E-state index contributed by atoms with van der Waals surface area (Å²) >= 11 is 0. The molecule has 564 valence electrons. The zero-order valence-electron chi connectivity index (χ0n) is 62.0. The van der Waals surface area contributed by atoms with Crippen molar-refractivity contribution in [2.45, 2.75) is 19.4 Å². The number of hydrogen-bond donors (Lipinski definition) is 8. The van der Waals surface area contributed by atoms with Crippen LogP contribution >= 0.6 is 0 Å². The lowest BCUT2D eigenvalue weighted by Gasteiger charge is -2.10. The number of H-pyrrole nitrogens is 4. The van der Waals surface area contributed by atoms with Crippen LogP contribution in [0, 0.1) is 17.4 Å². The summed E-state index contributed by atoms with van der Waals surface area (Å²) in [6.45, 7) is 4.90. The molecule has 0 spiro atoms. The zero-order valence-corrected chi connectivity index (χ0v) is 62.0. The minimum absolute atomic E-state index is 0.114. The van der Waals surface area contributed by atoms with Crippen molar-refractivity contribution < 1.29 is 61.5 Å². The quantitative estimate of drug-likeness (QED) is 0.0142. The van der Waals surface area contributed by atoms with Crippen molar-refractivity contribution in [3.63, 3.8) is 0 Å². The molecule has 1 saturated carbocycles. The third-order valence-corrected chi connectivity index (χ3v) is 17.5. The molecule has 0 saturated heterocycles. The third kappa shape index (κ3) is 19.1. The Morgan fingerprint density at radius 3 is 1.03 bits per heavy atom. The lowest BCUT2D eigenvalue weighted by molar-refractivity contribution is 0.0938. The average molecular weight is 1490 g/mol. The van der Waals surface area contributed by atoms with Gasteiger partial charge in [-0.15, -0.1) is 6.58 Å². The Balaban J connectivity index is 0.000000147. The lowest BCUT2D eigenvalue weighted by atomic mass is 10.1. The lowest BCUT2D eigenvalue weighted by Crippen LogP contribution is -2.26. The molecular weight excluding hydrogens is 1410 g/mol. The Labute approximate surface area is 638 Å². The van der Waals surface area contributed by atoms with Gasteiger partial charge in [-0.25, -0.2) is 4.98 Å². The molecule has 0 bridgehead atoms. The Morgan fingerprint density at radius 2 is 0.748 bits per heavy atom. The minimum atomic E-state index is -0.530. The number of aromatic nitrogens is 9. The van der Waals surface area contributed by atoms with Gasteiger partial charge in [0.1, 0.15) is 52.3 Å². The van der Waals surface area contributed by atoms with E-state index in [4.69, 9.17) is 47.6 Å². The van der Waals surface area contributed by atoms with Gasteiger partial charge in [-0.3, -0.25) is 44.9 Å². The van der Waals surface area contributed by atoms with E-state index in [1.165, 1.54) is 39.5 Å². The van der Waals surface area contributed by atoms with Crippen LogP contribution in [0.2, 0.25) is 0 Å². The van der Waals surface area contributed by atoms with Crippen molar-refractivity contribution in [1.82, 2.24) is 67.0 Å². The summed E-state index contributed by atoms with van der Waals surface area (Å²) in [5, 5.41) is 51.5. The van der Waals surface area contributed by atoms with Crippen LogP contribution in [0.3, 0.4) is 0 Å². The summed E-state index contributed by atoms with van der Waals surface area (Å²) in [5.41, 5.74) is 11.5. The van der Waals surface area contributed by atoms with Crippen LogP contribution in [-0.4, -0.2) is 139 Å². The van der Waals surface area contributed by atoms with Crippen molar-refractivity contribution in [1.29, 1.82) is 5.26 Å². The predicted molar refractivity (Wildman–Crippen MR) is 427 cm³/mol. The van der Waals surface area contributed by atoms with E-state index in [0.717, 1.165) is 96.1 Å². The van der Waals surface area contributed by atoms with Gasteiger partial charge >= 0.3 is 0 Å². The molecule has 4 amide bonds. The molecule has 0 radical (unpaired) electrons. The van der Waals surface area contributed by atoms with Gasteiger partial charge in [0.15, 0.2) is 6.19 Å². The molecule has 27 heteroatoms. The van der Waals surface area contributed by atoms with Gasteiger partial charge in [-0.05, 0) is 162 Å². The fourth-order valence-corrected chi connectivity index (χ4v) is 11.7. The SMILES string of the molecule is C=CCNC(=O)c1ccc2n[nH]c(/C=C/c3ccc(OC)cc3)c2c1OC.COc1ccc(/C=C/c2[nH]nc3ccc(C(=O)NC#N)c(OC)c23)cc1.COc1ccc(/C=C/c2[nH]nc3ccc(C(=O)NCC4CC4)c(OC)c23)cc1.COc1ccc(/C=C/c2[nH]nc3ccc(C(=O)NCc4ncco4)c(OC)c23)cc1. The number of methoxy groups -OCH3 is 8.